The Hall–Kier alpha value is -1.66. The van der Waals surface area contributed by atoms with Gasteiger partial charge in [-0.15, -0.1) is 0 Å². The standard InChI is InChI=1S/C17H26N4O2/c1-6-15-13(10(2)20-23-15)9-18-14-7-8-22-17(14)16-11(3)19-21(5)12(16)4/h14,17-18H,6-9H2,1-5H3/t14-,17-/m1/s1. The van der Waals surface area contributed by atoms with Crippen LogP contribution in [0.1, 0.15) is 53.4 Å². The van der Waals surface area contributed by atoms with E-state index in [1.165, 1.54) is 16.8 Å². The van der Waals surface area contributed by atoms with E-state index in [0.717, 1.165) is 43.1 Å². The smallest absolute Gasteiger partial charge is 0.141 e. The number of aryl methyl sites for hydroxylation is 4. The molecule has 0 spiro atoms. The first-order valence-electron chi connectivity index (χ1n) is 8.32. The molecule has 0 unspecified atom stereocenters. The van der Waals surface area contributed by atoms with Crippen LogP contribution in [0.15, 0.2) is 4.52 Å². The van der Waals surface area contributed by atoms with Gasteiger partial charge in [-0.1, -0.05) is 12.1 Å². The molecule has 1 saturated heterocycles. The van der Waals surface area contributed by atoms with E-state index in [4.69, 9.17) is 9.26 Å². The number of nitrogens with zero attached hydrogens (tertiary/aromatic N) is 3. The summed E-state index contributed by atoms with van der Waals surface area (Å²) < 4.78 is 13.3. The highest BCUT2D eigenvalue weighted by molar-refractivity contribution is 5.29. The summed E-state index contributed by atoms with van der Waals surface area (Å²) in [6.07, 6.45) is 1.93. The van der Waals surface area contributed by atoms with E-state index in [2.05, 4.69) is 36.3 Å². The molecule has 6 heteroatoms. The highest BCUT2D eigenvalue weighted by Gasteiger charge is 2.33. The van der Waals surface area contributed by atoms with Crippen LogP contribution >= 0.6 is 0 Å². The summed E-state index contributed by atoms with van der Waals surface area (Å²) in [5, 5.41) is 12.3. The van der Waals surface area contributed by atoms with Crippen LogP contribution in [0.2, 0.25) is 0 Å². The summed E-state index contributed by atoms with van der Waals surface area (Å²) in [5.74, 6) is 0.971. The third-order valence-corrected chi connectivity index (χ3v) is 4.87. The molecule has 1 aliphatic rings. The first-order valence-corrected chi connectivity index (χ1v) is 8.32. The molecular weight excluding hydrogens is 292 g/mol. The second kappa shape index (κ2) is 6.45. The van der Waals surface area contributed by atoms with E-state index in [9.17, 15) is 0 Å². The lowest BCUT2D eigenvalue weighted by atomic mass is 10.00. The molecule has 3 heterocycles. The summed E-state index contributed by atoms with van der Waals surface area (Å²) in [6, 6.07) is 0.288. The van der Waals surface area contributed by atoms with Gasteiger partial charge < -0.3 is 14.6 Å². The largest absolute Gasteiger partial charge is 0.372 e. The van der Waals surface area contributed by atoms with Gasteiger partial charge in [-0.3, -0.25) is 4.68 Å². The zero-order chi connectivity index (χ0) is 16.6. The van der Waals surface area contributed by atoms with Crippen LogP contribution in [-0.4, -0.2) is 27.6 Å². The fourth-order valence-corrected chi connectivity index (χ4v) is 3.46. The predicted molar refractivity (Wildman–Crippen MR) is 87.2 cm³/mol. The summed E-state index contributed by atoms with van der Waals surface area (Å²) in [5.41, 5.74) is 5.60. The minimum Gasteiger partial charge on any atom is -0.372 e. The highest BCUT2D eigenvalue weighted by atomic mass is 16.5. The average Bonchev–Trinajstić information content (AvgIpc) is 3.17. The normalized spacial score (nSPS) is 21.3. The lowest BCUT2D eigenvalue weighted by Crippen LogP contribution is -2.32. The molecule has 1 N–H and O–H groups in total. The second-order valence-electron chi connectivity index (χ2n) is 6.30. The number of ether oxygens (including phenoxy) is 1. The Morgan fingerprint density at radius 1 is 1.26 bits per heavy atom. The van der Waals surface area contributed by atoms with Gasteiger partial charge in [-0.2, -0.15) is 5.10 Å². The van der Waals surface area contributed by atoms with Gasteiger partial charge in [0, 0.05) is 49.5 Å². The summed E-state index contributed by atoms with van der Waals surface area (Å²) >= 11 is 0. The Morgan fingerprint density at radius 2 is 2.04 bits per heavy atom. The fourth-order valence-electron chi connectivity index (χ4n) is 3.46. The van der Waals surface area contributed by atoms with Crippen LogP contribution in [-0.2, 0) is 24.8 Å². The van der Waals surface area contributed by atoms with E-state index < -0.39 is 0 Å². The average molecular weight is 318 g/mol. The Balaban J connectivity index is 1.76. The van der Waals surface area contributed by atoms with Crippen molar-refractivity contribution >= 4 is 0 Å². The van der Waals surface area contributed by atoms with Crippen LogP contribution in [0.4, 0.5) is 0 Å². The van der Waals surface area contributed by atoms with Crippen molar-refractivity contribution in [3.8, 4) is 0 Å². The molecule has 1 aliphatic heterocycles. The molecule has 0 aliphatic carbocycles. The van der Waals surface area contributed by atoms with Gasteiger partial charge in [0.2, 0.25) is 0 Å². The van der Waals surface area contributed by atoms with E-state index in [-0.39, 0.29) is 12.1 Å². The molecule has 0 radical (unpaired) electrons. The number of hydrogen-bond acceptors (Lipinski definition) is 5. The number of nitrogens with one attached hydrogen (secondary N) is 1. The molecule has 3 rings (SSSR count). The van der Waals surface area contributed by atoms with Crippen molar-refractivity contribution in [1.82, 2.24) is 20.3 Å². The SMILES string of the molecule is CCc1onc(C)c1CN[C@@H]1CCO[C@H]1c1c(C)nn(C)c1C. The minimum absolute atomic E-state index is 0.0638. The van der Waals surface area contributed by atoms with Crippen molar-refractivity contribution in [3.63, 3.8) is 0 Å². The molecule has 0 aromatic carbocycles. The van der Waals surface area contributed by atoms with Crippen LogP contribution in [0, 0.1) is 20.8 Å². The molecule has 0 saturated carbocycles. The maximum absolute atomic E-state index is 6.03. The van der Waals surface area contributed by atoms with Crippen molar-refractivity contribution in [1.29, 1.82) is 0 Å². The van der Waals surface area contributed by atoms with Gasteiger partial charge in [0.05, 0.1) is 11.4 Å². The van der Waals surface area contributed by atoms with Gasteiger partial charge in [0.15, 0.2) is 0 Å². The molecular formula is C17H26N4O2. The lowest BCUT2D eigenvalue weighted by molar-refractivity contribution is 0.0974. The Morgan fingerprint density at radius 3 is 2.70 bits per heavy atom. The zero-order valence-electron chi connectivity index (χ0n) is 14.6. The minimum atomic E-state index is 0.0638. The Kier molecular flexibility index (Phi) is 4.55. The van der Waals surface area contributed by atoms with Crippen molar-refractivity contribution in [2.24, 2.45) is 7.05 Å². The third-order valence-electron chi connectivity index (χ3n) is 4.87. The van der Waals surface area contributed by atoms with E-state index in [1.807, 2.05) is 18.7 Å². The molecule has 2 aromatic heterocycles. The van der Waals surface area contributed by atoms with Crippen molar-refractivity contribution in [3.05, 3.63) is 34.0 Å². The van der Waals surface area contributed by atoms with Gasteiger partial charge in [-0.05, 0) is 27.2 Å². The lowest BCUT2D eigenvalue weighted by Gasteiger charge is -2.20. The summed E-state index contributed by atoms with van der Waals surface area (Å²) in [7, 11) is 1.98. The van der Waals surface area contributed by atoms with E-state index in [1.54, 1.807) is 0 Å². The van der Waals surface area contributed by atoms with E-state index in [0.29, 0.717) is 0 Å². The molecule has 126 valence electrons. The number of aromatic nitrogens is 3. The molecule has 0 amide bonds. The monoisotopic (exact) mass is 318 g/mol. The Labute approximate surface area is 137 Å². The molecule has 2 atom stereocenters. The molecule has 6 nitrogen and oxygen atoms in total. The summed E-state index contributed by atoms with van der Waals surface area (Å²) in [4.78, 5) is 0. The Bertz CT molecular complexity index is 689. The van der Waals surface area contributed by atoms with Crippen molar-refractivity contribution < 1.29 is 9.26 Å². The molecule has 0 bridgehead atoms. The van der Waals surface area contributed by atoms with Crippen molar-refractivity contribution in [2.75, 3.05) is 6.61 Å². The quantitative estimate of drug-likeness (QED) is 0.917. The topological polar surface area (TPSA) is 65.1 Å². The molecule has 2 aromatic rings. The number of hydrogen-bond donors (Lipinski definition) is 1. The highest BCUT2D eigenvalue weighted by Crippen LogP contribution is 2.33. The van der Waals surface area contributed by atoms with Gasteiger partial charge in [-0.25, -0.2) is 0 Å². The van der Waals surface area contributed by atoms with Crippen LogP contribution in [0.5, 0.6) is 0 Å². The van der Waals surface area contributed by atoms with E-state index >= 15 is 0 Å². The molecule has 23 heavy (non-hydrogen) atoms. The van der Waals surface area contributed by atoms with Gasteiger partial charge in [0.25, 0.3) is 0 Å². The van der Waals surface area contributed by atoms with Gasteiger partial charge in [0.1, 0.15) is 11.9 Å². The second-order valence-corrected chi connectivity index (χ2v) is 6.30. The van der Waals surface area contributed by atoms with Crippen LogP contribution in [0.25, 0.3) is 0 Å². The number of rotatable bonds is 5. The maximum Gasteiger partial charge on any atom is 0.141 e. The van der Waals surface area contributed by atoms with Crippen LogP contribution < -0.4 is 5.32 Å². The van der Waals surface area contributed by atoms with Gasteiger partial charge >= 0.3 is 0 Å². The fraction of sp³-hybridized carbons (Fsp3) is 0.647. The first-order chi connectivity index (χ1) is 11.0. The molecule has 1 fully saturated rings. The van der Waals surface area contributed by atoms with Crippen molar-refractivity contribution in [2.45, 2.75) is 59.2 Å². The first kappa shape index (κ1) is 16.2. The predicted octanol–water partition coefficient (Wildman–Crippen LogP) is 2.52. The third kappa shape index (κ3) is 2.93. The zero-order valence-corrected chi connectivity index (χ0v) is 14.6. The van der Waals surface area contributed by atoms with Crippen LogP contribution in [0.3, 0.4) is 0 Å². The maximum atomic E-state index is 6.03. The summed E-state index contributed by atoms with van der Waals surface area (Å²) in [6.45, 7) is 9.79.